The van der Waals surface area contributed by atoms with Gasteiger partial charge in [0.05, 0.1) is 13.2 Å². The second kappa shape index (κ2) is 40.7. The Labute approximate surface area is 368 Å². The van der Waals surface area contributed by atoms with E-state index in [4.69, 9.17) is 18.9 Å². The van der Waals surface area contributed by atoms with Crippen LogP contribution in [0.3, 0.4) is 0 Å². The molecule has 1 aliphatic rings. The van der Waals surface area contributed by atoms with Crippen molar-refractivity contribution in [3.8, 4) is 0 Å². The molecule has 10 nitrogen and oxygen atoms in total. The van der Waals surface area contributed by atoms with Gasteiger partial charge in [0.25, 0.3) is 0 Å². The first kappa shape index (κ1) is 55.6. The lowest BCUT2D eigenvalue weighted by molar-refractivity contribution is -0.305. The molecule has 6 atom stereocenters. The minimum absolute atomic E-state index is 0.141. The number of hydrogen-bond donors (Lipinski definition) is 4. The molecule has 10 heteroatoms. The average molecular weight is 855 g/mol. The second-order valence-corrected chi connectivity index (χ2v) is 15.5. The first-order chi connectivity index (χ1) is 29.8. The van der Waals surface area contributed by atoms with Crippen molar-refractivity contribution < 1.29 is 49.0 Å². The highest BCUT2D eigenvalue weighted by Crippen LogP contribution is 2.22. The first-order valence-electron chi connectivity index (χ1n) is 23.3. The summed E-state index contributed by atoms with van der Waals surface area (Å²) in [5.74, 6) is -0.938. The molecule has 0 aromatic carbocycles. The minimum atomic E-state index is -1.62. The summed E-state index contributed by atoms with van der Waals surface area (Å²) in [5.41, 5.74) is 0. The van der Waals surface area contributed by atoms with Crippen LogP contribution in [0.4, 0.5) is 0 Å². The van der Waals surface area contributed by atoms with E-state index in [0.717, 1.165) is 70.6 Å². The average Bonchev–Trinajstić information content (AvgIpc) is 3.26. The first-order valence-corrected chi connectivity index (χ1v) is 23.3. The summed E-state index contributed by atoms with van der Waals surface area (Å²) in [4.78, 5) is 25.3. The quantitative estimate of drug-likeness (QED) is 0.0270. The Morgan fingerprint density at radius 1 is 0.508 bits per heavy atom. The van der Waals surface area contributed by atoms with Crippen molar-refractivity contribution in [2.45, 2.75) is 192 Å². The second-order valence-electron chi connectivity index (χ2n) is 15.5. The molecule has 0 saturated carbocycles. The maximum atomic E-state index is 12.8. The molecule has 0 bridgehead atoms. The summed E-state index contributed by atoms with van der Waals surface area (Å²) >= 11 is 0. The van der Waals surface area contributed by atoms with Crippen molar-refractivity contribution in [3.63, 3.8) is 0 Å². The molecule has 0 aromatic rings. The number of carbonyl (C=O) groups is 2. The van der Waals surface area contributed by atoms with Crippen LogP contribution in [0, 0.1) is 0 Å². The van der Waals surface area contributed by atoms with Gasteiger partial charge in [-0.1, -0.05) is 150 Å². The van der Waals surface area contributed by atoms with Crippen LogP contribution >= 0.6 is 0 Å². The summed E-state index contributed by atoms with van der Waals surface area (Å²) in [6.07, 6.45) is 47.0. The zero-order chi connectivity index (χ0) is 44.4. The summed E-state index contributed by atoms with van der Waals surface area (Å²) < 4.78 is 22.1. The highest BCUT2D eigenvalue weighted by molar-refractivity contribution is 5.70. The van der Waals surface area contributed by atoms with Gasteiger partial charge >= 0.3 is 11.9 Å². The van der Waals surface area contributed by atoms with Crippen molar-refractivity contribution in [1.29, 1.82) is 0 Å². The summed E-state index contributed by atoms with van der Waals surface area (Å²) in [5, 5.41) is 40.1. The minimum Gasteiger partial charge on any atom is -0.462 e. The third-order valence-electron chi connectivity index (χ3n) is 9.95. The lowest BCUT2D eigenvalue weighted by Gasteiger charge is -2.39. The van der Waals surface area contributed by atoms with Crippen molar-refractivity contribution in [2.24, 2.45) is 0 Å². The van der Waals surface area contributed by atoms with Crippen LogP contribution in [0.5, 0.6) is 0 Å². The van der Waals surface area contributed by atoms with Gasteiger partial charge in [0.2, 0.25) is 0 Å². The molecule has 4 N–H and O–H groups in total. The lowest BCUT2D eigenvalue weighted by Crippen LogP contribution is -2.59. The maximum Gasteiger partial charge on any atom is 0.306 e. The van der Waals surface area contributed by atoms with Crippen LogP contribution < -0.4 is 0 Å². The lowest BCUT2D eigenvalue weighted by atomic mass is 9.99. The zero-order valence-electron chi connectivity index (χ0n) is 37.6. The molecule has 1 fully saturated rings. The van der Waals surface area contributed by atoms with Crippen LogP contribution in [0.2, 0.25) is 0 Å². The van der Waals surface area contributed by atoms with Gasteiger partial charge in [-0.2, -0.15) is 0 Å². The van der Waals surface area contributed by atoms with Gasteiger partial charge in [-0.05, 0) is 89.9 Å². The van der Waals surface area contributed by atoms with E-state index < -0.39 is 55.4 Å². The largest absolute Gasteiger partial charge is 0.462 e. The Balaban J connectivity index is 2.40. The molecule has 1 heterocycles. The fourth-order valence-corrected chi connectivity index (χ4v) is 6.23. The molecule has 0 radical (unpaired) electrons. The molecule has 1 aliphatic heterocycles. The van der Waals surface area contributed by atoms with Gasteiger partial charge in [0.1, 0.15) is 31.0 Å². The number of allylic oxidation sites excluding steroid dienone is 16. The molecule has 2 unspecified atom stereocenters. The van der Waals surface area contributed by atoms with Crippen LogP contribution in [0.1, 0.15) is 155 Å². The molecular weight excluding hydrogens is 773 g/mol. The van der Waals surface area contributed by atoms with Crippen molar-refractivity contribution in [3.05, 3.63) is 97.2 Å². The number of esters is 2. The van der Waals surface area contributed by atoms with Crippen LogP contribution in [0.15, 0.2) is 97.2 Å². The Morgan fingerprint density at radius 2 is 0.951 bits per heavy atom. The van der Waals surface area contributed by atoms with Crippen molar-refractivity contribution in [1.82, 2.24) is 0 Å². The van der Waals surface area contributed by atoms with Crippen LogP contribution in [-0.2, 0) is 28.5 Å². The predicted molar refractivity (Wildman–Crippen MR) is 247 cm³/mol. The fourth-order valence-electron chi connectivity index (χ4n) is 6.23. The number of ether oxygens (including phenoxy) is 4. The summed E-state index contributed by atoms with van der Waals surface area (Å²) in [6.45, 7) is 3.25. The molecule has 0 amide bonds. The molecule has 1 rings (SSSR count). The van der Waals surface area contributed by atoms with Crippen LogP contribution in [-0.4, -0.2) is 89.0 Å². The zero-order valence-corrected chi connectivity index (χ0v) is 37.6. The van der Waals surface area contributed by atoms with E-state index in [2.05, 4.69) is 98.9 Å². The molecule has 0 spiro atoms. The Bertz CT molecular complexity index is 1310. The normalized spacial score (nSPS) is 20.7. The summed E-state index contributed by atoms with van der Waals surface area (Å²) in [7, 11) is 0. The third kappa shape index (κ3) is 32.0. The van der Waals surface area contributed by atoms with Gasteiger partial charge in [-0.15, -0.1) is 0 Å². The third-order valence-corrected chi connectivity index (χ3v) is 9.95. The van der Waals surface area contributed by atoms with Gasteiger partial charge in [0.15, 0.2) is 12.4 Å². The maximum absolute atomic E-state index is 12.8. The standard InChI is InChI=1S/C51H82O10/c1-3-5-7-9-11-13-15-17-19-21-22-24-25-27-29-31-33-35-37-39-46(53)58-42-44(43-59-51-50(57)49(56)48(55)45(41-52)61-51)60-47(54)40-38-36-34-32-30-28-26-23-20-18-16-14-12-10-8-6-4-2/h11-14,17-20,22,24,26-29,33,35,44-45,48-52,55-57H,3-10,15-16,21,23,25,30-32,34,36-43H2,1-2H3/b13-11+,14-12+,19-17+,20-18+,24-22+,28-26+,29-27+,35-33+/t44-,45-,48+,49?,50?,51-/m0/s1. The Kier molecular flexibility index (Phi) is 37.1. The molecule has 0 aliphatic carbocycles. The number of aliphatic hydroxyl groups excluding tert-OH is 4. The highest BCUT2D eigenvalue weighted by Gasteiger charge is 2.44. The van der Waals surface area contributed by atoms with E-state index in [1.54, 1.807) is 0 Å². The number of rotatable bonds is 37. The SMILES string of the molecule is CCCCC/C=C/C/C=C/C/C=C/C/C=C/C/C=C/CCC(=O)OC[C@@H](CO[C@H]1O[C@@H](CO)[C@@H](O)C(O)C1O)OC(=O)CCCCCC/C=C/C/C=C/C/C=C/CCCCC. The number of aliphatic hydroxyl groups is 4. The fraction of sp³-hybridized carbons (Fsp3) is 0.647. The van der Waals surface area contributed by atoms with Crippen LogP contribution in [0.25, 0.3) is 0 Å². The van der Waals surface area contributed by atoms with E-state index in [0.29, 0.717) is 12.8 Å². The van der Waals surface area contributed by atoms with Gasteiger partial charge in [0, 0.05) is 12.8 Å². The Hall–Kier alpha value is -3.38. The van der Waals surface area contributed by atoms with Gasteiger partial charge in [-0.25, -0.2) is 0 Å². The van der Waals surface area contributed by atoms with E-state index in [1.165, 1.54) is 44.9 Å². The number of hydrogen-bond acceptors (Lipinski definition) is 10. The van der Waals surface area contributed by atoms with Gasteiger partial charge in [-0.3, -0.25) is 9.59 Å². The summed E-state index contributed by atoms with van der Waals surface area (Å²) in [6, 6.07) is 0. The number of unbranched alkanes of at least 4 members (excludes halogenated alkanes) is 10. The molecule has 346 valence electrons. The Morgan fingerprint density at radius 3 is 1.43 bits per heavy atom. The van der Waals surface area contributed by atoms with Crippen molar-refractivity contribution >= 4 is 11.9 Å². The van der Waals surface area contributed by atoms with E-state index in [9.17, 15) is 30.0 Å². The monoisotopic (exact) mass is 855 g/mol. The molecule has 0 aromatic heterocycles. The van der Waals surface area contributed by atoms with E-state index >= 15 is 0 Å². The van der Waals surface area contributed by atoms with Gasteiger partial charge < -0.3 is 39.4 Å². The molecular formula is C51H82O10. The molecule has 61 heavy (non-hydrogen) atoms. The molecule has 1 saturated heterocycles. The van der Waals surface area contributed by atoms with E-state index in [1.807, 2.05) is 12.2 Å². The van der Waals surface area contributed by atoms with Crippen molar-refractivity contribution in [2.75, 3.05) is 19.8 Å². The number of carbonyl (C=O) groups excluding carboxylic acids is 2. The topological polar surface area (TPSA) is 152 Å². The smallest absolute Gasteiger partial charge is 0.306 e. The predicted octanol–water partition coefficient (Wildman–Crippen LogP) is 10.3. The highest BCUT2D eigenvalue weighted by atomic mass is 16.7. The van der Waals surface area contributed by atoms with E-state index in [-0.39, 0.29) is 26.1 Å².